The molecule has 0 fully saturated rings. The molecule has 0 spiro atoms. The van der Waals surface area contributed by atoms with Crippen molar-refractivity contribution in [2.75, 3.05) is 0 Å². The maximum absolute atomic E-state index is 6.15. The first-order valence-corrected chi connectivity index (χ1v) is 6.91. The normalized spacial score (nSPS) is 12.8. The number of rotatable bonds is 2. The first-order valence-electron chi connectivity index (χ1n) is 4.54. The summed E-state index contributed by atoms with van der Waals surface area (Å²) in [4.78, 5) is 1.03. The molecule has 2 aromatic rings. The lowest BCUT2D eigenvalue weighted by atomic mass is 10.1. The van der Waals surface area contributed by atoms with Gasteiger partial charge in [-0.3, -0.25) is 0 Å². The fourth-order valence-corrected chi connectivity index (χ4v) is 3.51. The standard InChI is InChI=1S/C11H8BrCl2NS/c12-9-5-4-8(16-9)11(15)10-6(13)2-1-3-7(10)14/h1-5,11H,15H2. The van der Waals surface area contributed by atoms with Crippen molar-refractivity contribution in [3.63, 3.8) is 0 Å². The molecule has 1 aromatic carbocycles. The second-order valence-corrected chi connectivity index (χ2v) is 6.56. The summed E-state index contributed by atoms with van der Waals surface area (Å²) in [6, 6.07) is 9.06. The first kappa shape index (κ1) is 12.4. The SMILES string of the molecule is NC(c1ccc(Br)s1)c1c(Cl)cccc1Cl. The molecule has 84 valence electrons. The topological polar surface area (TPSA) is 26.0 Å². The van der Waals surface area contributed by atoms with Gasteiger partial charge in [-0.15, -0.1) is 11.3 Å². The zero-order valence-corrected chi connectivity index (χ0v) is 12.0. The van der Waals surface area contributed by atoms with E-state index in [1.807, 2.05) is 18.2 Å². The number of benzene rings is 1. The van der Waals surface area contributed by atoms with E-state index in [1.165, 1.54) is 0 Å². The van der Waals surface area contributed by atoms with E-state index in [1.54, 1.807) is 23.5 Å². The van der Waals surface area contributed by atoms with Gasteiger partial charge >= 0.3 is 0 Å². The Hall–Kier alpha value is -0.0600. The lowest BCUT2D eigenvalue weighted by Gasteiger charge is -2.13. The minimum absolute atomic E-state index is 0.280. The van der Waals surface area contributed by atoms with Crippen molar-refractivity contribution in [1.82, 2.24) is 0 Å². The summed E-state index contributed by atoms with van der Waals surface area (Å²) >= 11 is 17.2. The third kappa shape index (κ3) is 2.44. The minimum atomic E-state index is -0.280. The fourth-order valence-electron chi connectivity index (χ4n) is 1.45. The van der Waals surface area contributed by atoms with Crippen molar-refractivity contribution in [3.8, 4) is 0 Å². The van der Waals surface area contributed by atoms with Crippen molar-refractivity contribution in [3.05, 3.63) is 54.6 Å². The summed E-state index contributed by atoms with van der Waals surface area (Å²) in [6.45, 7) is 0. The van der Waals surface area contributed by atoms with Gasteiger partial charge in [0.1, 0.15) is 0 Å². The van der Waals surface area contributed by atoms with Gasteiger partial charge in [0.2, 0.25) is 0 Å². The Morgan fingerprint density at radius 3 is 2.25 bits per heavy atom. The van der Waals surface area contributed by atoms with Crippen molar-refractivity contribution in [1.29, 1.82) is 0 Å². The fraction of sp³-hybridized carbons (Fsp3) is 0.0909. The largest absolute Gasteiger partial charge is 0.320 e. The van der Waals surface area contributed by atoms with E-state index in [-0.39, 0.29) is 6.04 Å². The average Bonchev–Trinajstić information content (AvgIpc) is 2.64. The highest BCUT2D eigenvalue weighted by molar-refractivity contribution is 9.11. The molecule has 0 aliphatic heterocycles. The summed E-state index contributed by atoms with van der Waals surface area (Å²) in [6.07, 6.45) is 0. The van der Waals surface area contributed by atoms with E-state index in [0.29, 0.717) is 10.0 Å². The molecule has 1 nitrogen and oxygen atoms in total. The predicted octanol–water partition coefficient (Wildman–Crippen LogP) is 4.87. The second kappa shape index (κ2) is 5.07. The number of hydrogen-bond acceptors (Lipinski definition) is 2. The summed E-state index contributed by atoms with van der Waals surface area (Å²) in [5.41, 5.74) is 6.93. The van der Waals surface area contributed by atoms with E-state index in [9.17, 15) is 0 Å². The highest BCUT2D eigenvalue weighted by Gasteiger charge is 2.17. The summed E-state index contributed by atoms with van der Waals surface area (Å²) in [5, 5.41) is 1.20. The maximum Gasteiger partial charge on any atom is 0.0702 e. The van der Waals surface area contributed by atoms with E-state index < -0.39 is 0 Å². The summed E-state index contributed by atoms with van der Waals surface area (Å²) in [5.74, 6) is 0. The Morgan fingerprint density at radius 1 is 1.12 bits per heavy atom. The van der Waals surface area contributed by atoms with Crippen LogP contribution in [0.15, 0.2) is 34.1 Å². The molecule has 0 amide bonds. The van der Waals surface area contributed by atoms with E-state index in [4.69, 9.17) is 28.9 Å². The Bertz CT molecular complexity index is 492. The summed E-state index contributed by atoms with van der Waals surface area (Å²) in [7, 11) is 0. The van der Waals surface area contributed by atoms with Crippen LogP contribution in [0.1, 0.15) is 16.5 Å². The molecule has 0 radical (unpaired) electrons. The molecule has 16 heavy (non-hydrogen) atoms. The number of nitrogens with two attached hydrogens (primary N) is 1. The van der Waals surface area contributed by atoms with Crippen molar-refractivity contribution in [2.24, 2.45) is 5.73 Å². The third-order valence-corrected chi connectivity index (χ3v) is 4.58. The van der Waals surface area contributed by atoms with Gasteiger partial charge in [-0.1, -0.05) is 29.3 Å². The van der Waals surface area contributed by atoms with Gasteiger partial charge in [0, 0.05) is 20.5 Å². The molecule has 1 unspecified atom stereocenters. The van der Waals surface area contributed by atoms with Gasteiger partial charge in [0.05, 0.1) is 9.83 Å². The van der Waals surface area contributed by atoms with Crippen LogP contribution in [-0.4, -0.2) is 0 Å². The lowest BCUT2D eigenvalue weighted by Crippen LogP contribution is -2.11. The lowest BCUT2D eigenvalue weighted by molar-refractivity contribution is 0.894. The van der Waals surface area contributed by atoms with Crippen molar-refractivity contribution < 1.29 is 0 Å². The molecule has 2 N–H and O–H groups in total. The zero-order valence-electron chi connectivity index (χ0n) is 8.08. The Kier molecular flexibility index (Phi) is 3.93. The van der Waals surface area contributed by atoms with E-state index in [0.717, 1.165) is 14.2 Å². The predicted molar refractivity (Wildman–Crippen MR) is 74.5 cm³/mol. The Morgan fingerprint density at radius 2 is 1.75 bits per heavy atom. The monoisotopic (exact) mass is 335 g/mol. The van der Waals surface area contributed by atoms with Crippen molar-refractivity contribution >= 4 is 50.5 Å². The number of thiophene rings is 1. The average molecular weight is 337 g/mol. The highest BCUT2D eigenvalue weighted by Crippen LogP contribution is 2.36. The molecular weight excluding hydrogens is 329 g/mol. The van der Waals surface area contributed by atoms with Crippen LogP contribution in [0, 0.1) is 0 Å². The van der Waals surface area contributed by atoms with Gasteiger partial charge in [-0.2, -0.15) is 0 Å². The zero-order chi connectivity index (χ0) is 11.7. The first-order chi connectivity index (χ1) is 7.59. The van der Waals surface area contributed by atoms with E-state index in [2.05, 4.69) is 15.9 Å². The molecule has 5 heteroatoms. The second-order valence-electron chi connectivity index (χ2n) is 3.25. The van der Waals surface area contributed by atoms with Crippen LogP contribution >= 0.6 is 50.5 Å². The molecule has 1 heterocycles. The maximum atomic E-state index is 6.15. The molecule has 2 rings (SSSR count). The molecule has 0 aliphatic carbocycles. The Balaban J connectivity index is 2.45. The van der Waals surface area contributed by atoms with E-state index >= 15 is 0 Å². The van der Waals surface area contributed by atoms with Crippen LogP contribution in [0.3, 0.4) is 0 Å². The summed E-state index contributed by atoms with van der Waals surface area (Å²) < 4.78 is 1.04. The molecular formula is C11H8BrCl2NS. The van der Waals surface area contributed by atoms with Crippen LogP contribution in [0.4, 0.5) is 0 Å². The smallest absolute Gasteiger partial charge is 0.0702 e. The molecule has 0 saturated carbocycles. The molecule has 0 saturated heterocycles. The van der Waals surface area contributed by atoms with Gasteiger partial charge < -0.3 is 5.73 Å². The highest BCUT2D eigenvalue weighted by atomic mass is 79.9. The minimum Gasteiger partial charge on any atom is -0.320 e. The van der Waals surface area contributed by atoms with Crippen LogP contribution in [0.5, 0.6) is 0 Å². The third-order valence-electron chi connectivity index (χ3n) is 2.21. The van der Waals surface area contributed by atoms with Gasteiger partial charge in [0.15, 0.2) is 0 Å². The van der Waals surface area contributed by atoms with Gasteiger partial charge in [0.25, 0.3) is 0 Å². The Labute approximate surface area is 116 Å². The number of hydrogen-bond donors (Lipinski definition) is 1. The molecule has 0 aliphatic rings. The number of halogens is 3. The quantitative estimate of drug-likeness (QED) is 0.832. The van der Waals surface area contributed by atoms with Crippen LogP contribution < -0.4 is 5.73 Å². The van der Waals surface area contributed by atoms with Crippen LogP contribution in [-0.2, 0) is 0 Å². The van der Waals surface area contributed by atoms with Crippen LogP contribution in [0.2, 0.25) is 10.0 Å². The van der Waals surface area contributed by atoms with Gasteiger partial charge in [-0.25, -0.2) is 0 Å². The molecule has 0 bridgehead atoms. The van der Waals surface area contributed by atoms with Crippen molar-refractivity contribution in [2.45, 2.75) is 6.04 Å². The van der Waals surface area contributed by atoms with Crippen LogP contribution in [0.25, 0.3) is 0 Å². The molecule has 1 aromatic heterocycles. The van der Waals surface area contributed by atoms with Gasteiger partial charge in [-0.05, 0) is 40.2 Å². The molecule has 1 atom stereocenters.